The van der Waals surface area contributed by atoms with Gasteiger partial charge in [0.2, 0.25) is 5.91 Å². The van der Waals surface area contributed by atoms with Gasteiger partial charge in [-0.3, -0.25) is 14.4 Å². The predicted octanol–water partition coefficient (Wildman–Crippen LogP) is -3.76. The van der Waals surface area contributed by atoms with Gasteiger partial charge >= 0.3 is 17.9 Å². The number of carboxylic acids is 1. The number of nitrogens with one attached hydrogen (secondary N) is 1. The molecule has 0 aromatic carbocycles. The van der Waals surface area contributed by atoms with Gasteiger partial charge < -0.3 is 45.1 Å². The molecular formula is C15H23NO12. The Labute approximate surface area is 158 Å². The zero-order chi connectivity index (χ0) is 21.6. The second kappa shape index (κ2) is 9.75. The van der Waals surface area contributed by atoms with Gasteiger partial charge in [0.1, 0.15) is 24.9 Å². The molecule has 1 fully saturated rings. The van der Waals surface area contributed by atoms with Crippen molar-refractivity contribution in [3.8, 4) is 0 Å². The van der Waals surface area contributed by atoms with Gasteiger partial charge in [-0.1, -0.05) is 0 Å². The van der Waals surface area contributed by atoms with E-state index in [1.54, 1.807) is 0 Å². The first kappa shape index (κ1) is 23.7. The minimum Gasteiger partial charge on any atom is -0.477 e. The Morgan fingerprint density at radius 2 is 1.82 bits per heavy atom. The van der Waals surface area contributed by atoms with Crippen LogP contribution in [-0.4, -0.2) is 98.8 Å². The average molecular weight is 409 g/mol. The lowest BCUT2D eigenvalue weighted by Gasteiger charge is -2.46. The first-order valence-corrected chi connectivity index (χ1v) is 8.12. The number of aliphatic carboxylic acids is 1. The summed E-state index contributed by atoms with van der Waals surface area (Å²) in [6, 6.07) is -1.45. The molecule has 0 radical (unpaired) electrons. The molecule has 0 aliphatic carbocycles. The van der Waals surface area contributed by atoms with E-state index in [1.165, 1.54) is 0 Å². The van der Waals surface area contributed by atoms with Crippen molar-refractivity contribution in [2.24, 2.45) is 0 Å². The number of hydrogen-bond donors (Lipinski definition) is 6. The minimum absolute atomic E-state index is 0.823. The molecule has 0 aromatic heterocycles. The standard InChI is InChI=1S/C15H23NO12/c1-6(19)26-9-3-15(25,14(23)24)28-13(11(9)16-10(22)5-18)12(8(21)4-17)27-7(2)20/h8-9,11-13,17-18,21,25H,3-5H2,1-2H3,(H,16,22)(H,23,24)/t8-,9+,11-,12-,13-,15+/m1/s1. The quantitative estimate of drug-likeness (QED) is 0.214. The van der Waals surface area contributed by atoms with Crippen LogP contribution in [-0.2, 0) is 33.4 Å². The Morgan fingerprint density at radius 3 is 2.25 bits per heavy atom. The Kier molecular flexibility index (Phi) is 8.26. The summed E-state index contributed by atoms with van der Waals surface area (Å²) in [4.78, 5) is 45.9. The molecule has 13 nitrogen and oxygen atoms in total. The predicted molar refractivity (Wildman–Crippen MR) is 85.3 cm³/mol. The Bertz CT molecular complexity index is 610. The highest BCUT2D eigenvalue weighted by molar-refractivity contribution is 5.78. The maximum Gasteiger partial charge on any atom is 0.364 e. The number of amides is 1. The fourth-order valence-electron chi connectivity index (χ4n) is 2.76. The molecule has 0 bridgehead atoms. The Morgan fingerprint density at radius 1 is 1.21 bits per heavy atom. The summed E-state index contributed by atoms with van der Waals surface area (Å²) in [7, 11) is 0. The number of ether oxygens (including phenoxy) is 3. The number of rotatable bonds is 8. The normalized spacial score (nSPS) is 29.3. The van der Waals surface area contributed by atoms with Gasteiger partial charge in [-0.05, 0) is 0 Å². The van der Waals surface area contributed by atoms with Gasteiger partial charge in [0, 0.05) is 13.8 Å². The molecule has 6 atom stereocenters. The zero-order valence-corrected chi connectivity index (χ0v) is 15.1. The summed E-state index contributed by atoms with van der Waals surface area (Å²) in [6.07, 6.45) is -7.68. The van der Waals surface area contributed by atoms with E-state index in [2.05, 4.69) is 5.32 Å². The van der Waals surface area contributed by atoms with E-state index in [4.69, 9.17) is 19.3 Å². The fraction of sp³-hybridized carbons (Fsp3) is 0.733. The highest BCUT2D eigenvalue weighted by atomic mass is 16.7. The van der Waals surface area contributed by atoms with Crippen molar-refractivity contribution in [1.82, 2.24) is 5.32 Å². The van der Waals surface area contributed by atoms with Gasteiger partial charge in [0.15, 0.2) is 6.10 Å². The van der Waals surface area contributed by atoms with Crippen LogP contribution in [0, 0.1) is 0 Å². The molecular weight excluding hydrogens is 386 g/mol. The van der Waals surface area contributed by atoms with Crippen molar-refractivity contribution in [2.45, 2.75) is 56.5 Å². The number of aliphatic hydroxyl groups is 4. The third kappa shape index (κ3) is 5.84. The summed E-state index contributed by atoms with van der Waals surface area (Å²) in [5.41, 5.74) is 0. The zero-order valence-electron chi connectivity index (χ0n) is 15.1. The van der Waals surface area contributed by atoms with Crippen LogP contribution in [0.4, 0.5) is 0 Å². The largest absolute Gasteiger partial charge is 0.477 e. The third-order valence-electron chi connectivity index (χ3n) is 3.88. The second-order valence-corrected chi connectivity index (χ2v) is 6.10. The molecule has 0 spiro atoms. The topological polar surface area (TPSA) is 209 Å². The van der Waals surface area contributed by atoms with Crippen LogP contribution >= 0.6 is 0 Å². The molecule has 13 heteroatoms. The smallest absolute Gasteiger partial charge is 0.364 e. The summed E-state index contributed by atoms with van der Waals surface area (Å²) >= 11 is 0. The van der Waals surface area contributed by atoms with Crippen LogP contribution < -0.4 is 5.32 Å². The van der Waals surface area contributed by atoms with Gasteiger partial charge in [-0.15, -0.1) is 0 Å². The van der Waals surface area contributed by atoms with Crippen LogP contribution in [0.3, 0.4) is 0 Å². The number of esters is 2. The van der Waals surface area contributed by atoms with Crippen LogP contribution in [0.15, 0.2) is 0 Å². The molecule has 0 aromatic rings. The molecule has 1 aliphatic rings. The lowest BCUT2D eigenvalue weighted by molar-refractivity contribution is -0.297. The van der Waals surface area contributed by atoms with Crippen molar-refractivity contribution < 1.29 is 58.9 Å². The lowest BCUT2D eigenvalue weighted by atomic mass is 9.88. The van der Waals surface area contributed by atoms with Crippen molar-refractivity contribution in [3.63, 3.8) is 0 Å². The monoisotopic (exact) mass is 409 g/mol. The molecule has 0 unspecified atom stereocenters. The van der Waals surface area contributed by atoms with Gasteiger partial charge in [0.25, 0.3) is 5.79 Å². The Balaban J connectivity index is 3.44. The van der Waals surface area contributed by atoms with Crippen LogP contribution in [0.1, 0.15) is 20.3 Å². The summed E-state index contributed by atoms with van der Waals surface area (Å²) in [6.45, 7) is -0.0162. The molecule has 1 rings (SSSR count). The van der Waals surface area contributed by atoms with E-state index in [1.807, 2.05) is 0 Å². The molecule has 1 aliphatic heterocycles. The Hall–Kier alpha value is -2.32. The van der Waals surface area contributed by atoms with Crippen molar-refractivity contribution in [1.29, 1.82) is 0 Å². The maximum absolute atomic E-state index is 11.7. The van der Waals surface area contributed by atoms with Gasteiger partial charge in [-0.2, -0.15) is 0 Å². The van der Waals surface area contributed by atoms with E-state index in [0.29, 0.717) is 0 Å². The minimum atomic E-state index is -2.93. The van der Waals surface area contributed by atoms with Crippen LogP contribution in [0.5, 0.6) is 0 Å². The van der Waals surface area contributed by atoms with Gasteiger partial charge in [0.05, 0.1) is 19.1 Å². The molecule has 160 valence electrons. The molecule has 28 heavy (non-hydrogen) atoms. The van der Waals surface area contributed by atoms with E-state index in [-0.39, 0.29) is 0 Å². The maximum atomic E-state index is 11.7. The summed E-state index contributed by atoms with van der Waals surface area (Å²) in [5.74, 6) is -7.65. The van der Waals surface area contributed by atoms with E-state index >= 15 is 0 Å². The molecule has 0 saturated carbocycles. The van der Waals surface area contributed by atoms with E-state index < -0.39 is 79.7 Å². The molecule has 1 heterocycles. The first-order chi connectivity index (χ1) is 12.9. The summed E-state index contributed by atoms with van der Waals surface area (Å²) < 4.78 is 15.0. The third-order valence-corrected chi connectivity index (χ3v) is 3.88. The average Bonchev–Trinajstić information content (AvgIpc) is 2.60. The number of carbonyl (C=O) groups excluding carboxylic acids is 3. The second-order valence-electron chi connectivity index (χ2n) is 6.10. The van der Waals surface area contributed by atoms with Crippen molar-refractivity contribution >= 4 is 23.8 Å². The van der Waals surface area contributed by atoms with E-state index in [0.717, 1.165) is 13.8 Å². The number of hydrogen-bond acceptors (Lipinski definition) is 11. The SMILES string of the molecule is CC(=O)O[C@@H]([C@@H]1O[C@](O)(C(=O)O)C[C@H](OC(C)=O)[C@H]1NC(=O)CO)[C@H](O)CO. The summed E-state index contributed by atoms with van der Waals surface area (Å²) in [5, 5.41) is 50.0. The van der Waals surface area contributed by atoms with Crippen LogP contribution in [0.2, 0.25) is 0 Å². The van der Waals surface area contributed by atoms with E-state index in [9.17, 15) is 39.6 Å². The highest BCUT2D eigenvalue weighted by Crippen LogP contribution is 2.33. The molecule has 6 N–H and O–H groups in total. The molecule has 1 saturated heterocycles. The number of carbonyl (C=O) groups is 4. The number of aliphatic hydroxyl groups excluding tert-OH is 3. The van der Waals surface area contributed by atoms with Crippen LogP contribution in [0.25, 0.3) is 0 Å². The van der Waals surface area contributed by atoms with Crippen molar-refractivity contribution in [3.05, 3.63) is 0 Å². The van der Waals surface area contributed by atoms with Gasteiger partial charge in [-0.25, -0.2) is 4.79 Å². The number of carboxylic acid groups (broad SMARTS) is 1. The van der Waals surface area contributed by atoms with Crippen molar-refractivity contribution in [2.75, 3.05) is 13.2 Å². The highest BCUT2D eigenvalue weighted by Gasteiger charge is 2.56. The fourth-order valence-corrected chi connectivity index (χ4v) is 2.76. The molecule has 1 amide bonds. The first-order valence-electron chi connectivity index (χ1n) is 8.12. The lowest BCUT2D eigenvalue weighted by Crippen LogP contribution is -2.68.